The average Bonchev–Trinajstić information content (AvgIpc) is 2.58. The number of amides is 2. The van der Waals surface area contributed by atoms with Crippen molar-refractivity contribution in [1.82, 2.24) is 10.2 Å². The van der Waals surface area contributed by atoms with Gasteiger partial charge in [-0.2, -0.15) is 0 Å². The minimum atomic E-state index is -0.511. The number of benzene rings is 1. The Morgan fingerprint density at radius 3 is 2.75 bits per heavy atom. The summed E-state index contributed by atoms with van der Waals surface area (Å²) in [6.45, 7) is 7.70. The van der Waals surface area contributed by atoms with Gasteiger partial charge in [0.15, 0.2) is 0 Å². The first-order valence-electron chi connectivity index (χ1n) is 9.16. The number of hydrogen-bond acceptors (Lipinski definition) is 3. The van der Waals surface area contributed by atoms with Crippen LogP contribution in [0.5, 0.6) is 5.75 Å². The number of primary amides is 1. The summed E-state index contributed by atoms with van der Waals surface area (Å²) in [6.07, 6.45) is 5.77. The molecule has 134 valence electrons. The molecule has 0 heterocycles. The molecule has 5 nitrogen and oxygen atoms in total. The lowest BCUT2D eigenvalue weighted by atomic mass is 9.86. The predicted octanol–water partition coefficient (Wildman–Crippen LogP) is 2.71. The number of nitrogens with one attached hydrogen (secondary N) is 1. The molecule has 1 aliphatic rings. The molecule has 1 atom stereocenters. The lowest BCUT2D eigenvalue weighted by Gasteiger charge is -2.35. The first kappa shape index (κ1) is 18.6. The number of nitrogens with two attached hydrogens (primary N) is 1. The number of fused-ring (bicyclic) bond motifs is 1. The summed E-state index contributed by atoms with van der Waals surface area (Å²) in [5, 5.41) is 2.56. The molecule has 3 N–H and O–H groups in total. The fraction of sp³-hybridized carbons (Fsp3) is 0.632. The number of ether oxygens (including phenoxy) is 1. The number of rotatable bonds is 9. The van der Waals surface area contributed by atoms with Crippen LogP contribution in [0.15, 0.2) is 18.2 Å². The van der Waals surface area contributed by atoms with Crippen LogP contribution in [-0.2, 0) is 12.8 Å². The van der Waals surface area contributed by atoms with Crippen LogP contribution in [-0.4, -0.2) is 43.2 Å². The Balaban J connectivity index is 2.03. The smallest absolute Gasteiger partial charge is 0.312 e. The maximum Gasteiger partial charge on any atom is 0.312 e. The Bertz CT molecular complexity index is 527. The van der Waals surface area contributed by atoms with Gasteiger partial charge < -0.3 is 20.7 Å². The number of urea groups is 1. The summed E-state index contributed by atoms with van der Waals surface area (Å²) in [7, 11) is 0. The maximum atomic E-state index is 10.7. The highest BCUT2D eigenvalue weighted by molar-refractivity contribution is 5.71. The quantitative estimate of drug-likeness (QED) is 0.683. The fourth-order valence-corrected chi connectivity index (χ4v) is 3.57. The lowest BCUT2D eigenvalue weighted by molar-refractivity contribution is 0.178. The second-order valence-electron chi connectivity index (χ2n) is 6.47. The van der Waals surface area contributed by atoms with E-state index in [2.05, 4.69) is 36.2 Å². The van der Waals surface area contributed by atoms with E-state index in [0.717, 1.165) is 18.6 Å². The second-order valence-corrected chi connectivity index (χ2v) is 6.47. The molecule has 24 heavy (non-hydrogen) atoms. The van der Waals surface area contributed by atoms with Gasteiger partial charge in [0.1, 0.15) is 12.4 Å². The Kier molecular flexibility index (Phi) is 7.37. The van der Waals surface area contributed by atoms with Crippen molar-refractivity contribution in [3.05, 3.63) is 29.3 Å². The Morgan fingerprint density at radius 2 is 2.08 bits per heavy atom. The van der Waals surface area contributed by atoms with Crippen LogP contribution in [0, 0.1) is 0 Å². The second kappa shape index (κ2) is 9.52. The number of carbonyl (C=O) groups is 1. The van der Waals surface area contributed by atoms with E-state index in [9.17, 15) is 4.79 Å². The molecule has 0 saturated heterocycles. The van der Waals surface area contributed by atoms with Gasteiger partial charge >= 0.3 is 6.03 Å². The first-order valence-corrected chi connectivity index (χ1v) is 9.16. The van der Waals surface area contributed by atoms with Gasteiger partial charge in [0, 0.05) is 6.04 Å². The molecule has 0 spiro atoms. The molecule has 2 amide bonds. The Morgan fingerprint density at radius 1 is 1.33 bits per heavy atom. The van der Waals surface area contributed by atoms with E-state index >= 15 is 0 Å². The van der Waals surface area contributed by atoms with Gasteiger partial charge in [-0.1, -0.05) is 26.0 Å². The van der Waals surface area contributed by atoms with Gasteiger partial charge in [0.2, 0.25) is 0 Å². The number of hydrogen-bond donors (Lipinski definition) is 2. The van der Waals surface area contributed by atoms with Crippen LogP contribution in [0.4, 0.5) is 4.79 Å². The fourth-order valence-electron chi connectivity index (χ4n) is 3.57. The molecule has 1 unspecified atom stereocenters. The van der Waals surface area contributed by atoms with Crippen LogP contribution in [0.3, 0.4) is 0 Å². The maximum absolute atomic E-state index is 10.7. The van der Waals surface area contributed by atoms with E-state index in [0.29, 0.717) is 19.2 Å². The van der Waals surface area contributed by atoms with Crippen molar-refractivity contribution in [2.24, 2.45) is 5.73 Å². The largest absolute Gasteiger partial charge is 0.491 e. The Labute approximate surface area is 145 Å². The molecule has 0 bridgehead atoms. The van der Waals surface area contributed by atoms with Gasteiger partial charge in [-0.25, -0.2) is 4.79 Å². The molecule has 1 aromatic rings. The van der Waals surface area contributed by atoms with Crippen LogP contribution in [0.2, 0.25) is 0 Å². The summed E-state index contributed by atoms with van der Waals surface area (Å²) in [4.78, 5) is 13.4. The minimum absolute atomic E-state index is 0.431. The molecular formula is C19H31N3O2. The van der Waals surface area contributed by atoms with E-state index in [1.807, 2.05) is 6.07 Å². The van der Waals surface area contributed by atoms with E-state index in [-0.39, 0.29) is 0 Å². The SMILES string of the molecule is CCCN(CCC)C1CCc2cccc(OCCNC(N)=O)c2C1. The molecule has 0 radical (unpaired) electrons. The lowest BCUT2D eigenvalue weighted by Crippen LogP contribution is -2.40. The van der Waals surface area contributed by atoms with Crippen LogP contribution < -0.4 is 15.8 Å². The molecule has 0 saturated carbocycles. The zero-order valence-corrected chi connectivity index (χ0v) is 15.0. The standard InChI is InChI=1S/C19H31N3O2/c1-3-11-22(12-4-2)16-9-8-15-6-5-7-18(17(15)14-16)24-13-10-21-19(20)23/h5-7,16H,3-4,8-14H2,1-2H3,(H3,20,21,23). The Hall–Kier alpha value is -1.75. The average molecular weight is 333 g/mol. The number of carbonyl (C=O) groups excluding carboxylic acids is 1. The van der Waals surface area contributed by atoms with Crippen molar-refractivity contribution < 1.29 is 9.53 Å². The third-order valence-electron chi connectivity index (χ3n) is 4.61. The molecule has 1 aromatic carbocycles. The highest BCUT2D eigenvalue weighted by atomic mass is 16.5. The van der Waals surface area contributed by atoms with Crippen molar-refractivity contribution in [3.8, 4) is 5.75 Å². The van der Waals surface area contributed by atoms with Crippen LogP contribution >= 0.6 is 0 Å². The molecule has 0 fully saturated rings. The number of nitrogens with zero attached hydrogens (tertiary/aromatic N) is 1. The summed E-state index contributed by atoms with van der Waals surface area (Å²) < 4.78 is 5.91. The van der Waals surface area contributed by atoms with Crippen molar-refractivity contribution in [1.29, 1.82) is 0 Å². The molecule has 2 rings (SSSR count). The highest BCUT2D eigenvalue weighted by Gasteiger charge is 2.25. The third-order valence-corrected chi connectivity index (χ3v) is 4.61. The van der Waals surface area contributed by atoms with Gasteiger partial charge in [0.05, 0.1) is 6.54 Å². The monoisotopic (exact) mass is 333 g/mol. The van der Waals surface area contributed by atoms with Crippen molar-refractivity contribution >= 4 is 6.03 Å². The third kappa shape index (κ3) is 5.13. The zero-order valence-electron chi connectivity index (χ0n) is 15.0. The molecule has 0 aromatic heterocycles. The highest BCUT2D eigenvalue weighted by Crippen LogP contribution is 2.31. The van der Waals surface area contributed by atoms with E-state index in [4.69, 9.17) is 10.5 Å². The topological polar surface area (TPSA) is 67.6 Å². The predicted molar refractivity (Wildman–Crippen MR) is 97.5 cm³/mol. The van der Waals surface area contributed by atoms with E-state index < -0.39 is 6.03 Å². The molecular weight excluding hydrogens is 302 g/mol. The van der Waals surface area contributed by atoms with E-state index in [1.54, 1.807) is 0 Å². The van der Waals surface area contributed by atoms with Crippen molar-refractivity contribution in [2.75, 3.05) is 26.2 Å². The van der Waals surface area contributed by atoms with Crippen LogP contribution in [0.1, 0.15) is 44.2 Å². The van der Waals surface area contributed by atoms with Crippen molar-refractivity contribution in [3.63, 3.8) is 0 Å². The van der Waals surface area contributed by atoms with Crippen molar-refractivity contribution in [2.45, 2.75) is 52.0 Å². The van der Waals surface area contributed by atoms with Gasteiger partial charge in [-0.15, -0.1) is 0 Å². The van der Waals surface area contributed by atoms with E-state index in [1.165, 1.54) is 43.5 Å². The normalized spacial score (nSPS) is 16.7. The summed E-state index contributed by atoms with van der Waals surface area (Å²) in [6, 6.07) is 6.40. The summed E-state index contributed by atoms with van der Waals surface area (Å²) >= 11 is 0. The van der Waals surface area contributed by atoms with Crippen LogP contribution in [0.25, 0.3) is 0 Å². The molecule has 0 aliphatic heterocycles. The zero-order chi connectivity index (χ0) is 17.4. The van der Waals surface area contributed by atoms with Gasteiger partial charge in [0.25, 0.3) is 0 Å². The summed E-state index contributed by atoms with van der Waals surface area (Å²) in [5.74, 6) is 0.955. The first-order chi connectivity index (χ1) is 11.7. The van der Waals surface area contributed by atoms with Gasteiger partial charge in [-0.05, 0) is 62.4 Å². The molecule has 1 aliphatic carbocycles. The van der Waals surface area contributed by atoms with Gasteiger partial charge in [-0.3, -0.25) is 0 Å². The summed E-state index contributed by atoms with van der Waals surface area (Å²) in [5.41, 5.74) is 7.82. The number of aryl methyl sites for hydroxylation is 1. The minimum Gasteiger partial charge on any atom is -0.491 e. The molecule has 5 heteroatoms.